The van der Waals surface area contributed by atoms with Crippen molar-refractivity contribution >= 4 is 23.3 Å². The quantitative estimate of drug-likeness (QED) is 0.420. The summed E-state index contributed by atoms with van der Waals surface area (Å²) < 4.78 is 23.3. The number of halogens is 1. The van der Waals surface area contributed by atoms with Crippen LogP contribution < -0.4 is 10.1 Å². The van der Waals surface area contributed by atoms with Crippen LogP contribution in [0.2, 0.25) is 0 Å². The number of nitrogens with zero attached hydrogens (tertiary/aromatic N) is 1. The minimum absolute atomic E-state index is 0.00985. The van der Waals surface area contributed by atoms with Gasteiger partial charge < -0.3 is 14.8 Å². The number of nitro benzene ring substituents is 1. The fourth-order valence-electron chi connectivity index (χ4n) is 2.21. The maximum Gasteiger partial charge on any atom is 0.344 e. The Hall–Kier alpha value is -3.49. The average Bonchev–Trinajstić information content (AvgIpc) is 2.66. The second-order valence-electron chi connectivity index (χ2n) is 6.14. The van der Waals surface area contributed by atoms with Crippen LogP contribution in [0, 0.1) is 15.9 Å². The molecule has 0 unspecified atom stereocenters. The molecule has 0 saturated carbocycles. The summed E-state index contributed by atoms with van der Waals surface area (Å²) in [6.45, 7) is 3.13. The molecule has 148 valence electrons. The van der Waals surface area contributed by atoms with Gasteiger partial charge in [-0.15, -0.1) is 0 Å². The van der Waals surface area contributed by atoms with Crippen LogP contribution in [0.25, 0.3) is 0 Å². The smallest absolute Gasteiger partial charge is 0.344 e. The Balaban J connectivity index is 1.78. The number of anilines is 1. The summed E-state index contributed by atoms with van der Waals surface area (Å²) in [7, 11) is 0. The van der Waals surface area contributed by atoms with Gasteiger partial charge in [0.15, 0.2) is 13.2 Å². The van der Waals surface area contributed by atoms with Gasteiger partial charge in [0.25, 0.3) is 5.91 Å². The van der Waals surface area contributed by atoms with Crippen molar-refractivity contribution in [3.63, 3.8) is 0 Å². The summed E-state index contributed by atoms with van der Waals surface area (Å²) in [6, 6.07) is 10.1. The SMILES string of the molecule is CC(C)c1ccc(OCC(=O)OCC(=O)Nc2ccc(F)c([N+](=O)[O-])c2)cc1. The summed E-state index contributed by atoms with van der Waals surface area (Å²) in [5, 5.41) is 13.0. The molecule has 2 aromatic rings. The van der Waals surface area contributed by atoms with Gasteiger partial charge in [0.2, 0.25) is 5.82 Å². The Morgan fingerprint density at radius 3 is 2.43 bits per heavy atom. The predicted octanol–water partition coefficient (Wildman–Crippen LogP) is 3.42. The van der Waals surface area contributed by atoms with Crippen molar-refractivity contribution in [2.24, 2.45) is 0 Å². The molecule has 28 heavy (non-hydrogen) atoms. The fourth-order valence-corrected chi connectivity index (χ4v) is 2.21. The van der Waals surface area contributed by atoms with Crippen molar-refractivity contribution < 1.29 is 28.4 Å². The molecule has 0 spiro atoms. The molecule has 0 aliphatic carbocycles. The van der Waals surface area contributed by atoms with Crippen LogP contribution >= 0.6 is 0 Å². The van der Waals surface area contributed by atoms with Crippen molar-refractivity contribution in [2.75, 3.05) is 18.5 Å². The monoisotopic (exact) mass is 390 g/mol. The van der Waals surface area contributed by atoms with Crippen LogP contribution in [0.15, 0.2) is 42.5 Å². The Bertz CT molecular complexity index is 867. The van der Waals surface area contributed by atoms with Crippen molar-refractivity contribution in [1.82, 2.24) is 0 Å². The topological polar surface area (TPSA) is 108 Å². The third kappa shape index (κ3) is 6.04. The summed E-state index contributed by atoms with van der Waals surface area (Å²) in [5.74, 6) is -1.64. The molecule has 1 amide bonds. The molecule has 2 aromatic carbocycles. The van der Waals surface area contributed by atoms with E-state index in [1.54, 1.807) is 12.1 Å². The van der Waals surface area contributed by atoms with Crippen molar-refractivity contribution in [2.45, 2.75) is 19.8 Å². The van der Waals surface area contributed by atoms with E-state index in [-0.39, 0.29) is 12.3 Å². The molecular weight excluding hydrogens is 371 g/mol. The number of ether oxygens (including phenoxy) is 2. The highest BCUT2D eigenvalue weighted by Gasteiger charge is 2.16. The highest BCUT2D eigenvalue weighted by Crippen LogP contribution is 2.21. The molecule has 0 bridgehead atoms. The normalized spacial score (nSPS) is 10.4. The van der Waals surface area contributed by atoms with Crippen molar-refractivity contribution in [1.29, 1.82) is 0 Å². The van der Waals surface area contributed by atoms with E-state index in [0.29, 0.717) is 11.7 Å². The van der Waals surface area contributed by atoms with E-state index in [4.69, 9.17) is 9.47 Å². The Labute approximate surface area is 160 Å². The first kappa shape index (κ1) is 20.8. The third-order valence-corrected chi connectivity index (χ3v) is 3.69. The lowest BCUT2D eigenvalue weighted by Gasteiger charge is -2.09. The van der Waals surface area contributed by atoms with Crippen LogP contribution in [-0.4, -0.2) is 30.0 Å². The Morgan fingerprint density at radius 2 is 1.82 bits per heavy atom. The molecular formula is C19H19FN2O6. The van der Waals surface area contributed by atoms with Crippen LogP contribution in [0.5, 0.6) is 5.75 Å². The lowest BCUT2D eigenvalue weighted by molar-refractivity contribution is -0.387. The number of hydrogen-bond donors (Lipinski definition) is 1. The molecule has 9 heteroatoms. The zero-order chi connectivity index (χ0) is 20.7. The number of benzene rings is 2. The van der Waals surface area contributed by atoms with Crippen LogP contribution in [0.1, 0.15) is 25.3 Å². The molecule has 0 aromatic heterocycles. The molecule has 2 rings (SSSR count). The molecule has 0 aliphatic heterocycles. The van der Waals surface area contributed by atoms with Gasteiger partial charge in [-0.1, -0.05) is 26.0 Å². The number of carbonyl (C=O) groups is 2. The second kappa shape index (κ2) is 9.45. The molecule has 0 fully saturated rings. The second-order valence-corrected chi connectivity index (χ2v) is 6.14. The molecule has 1 N–H and O–H groups in total. The maximum absolute atomic E-state index is 13.3. The van der Waals surface area contributed by atoms with Gasteiger partial charge in [-0.3, -0.25) is 14.9 Å². The van der Waals surface area contributed by atoms with Gasteiger partial charge in [-0.05, 0) is 35.7 Å². The fraction of sp³-hybridized carbons (Fsp3) is 0.263. The van der Waals surface area contributed by atoms with Gasteiger partial charge in [0.05, 0.1) is 4.92 Å². The minimum atomic E-state index is -1.02. The van der Waals surface area contributed by atoms with E-state index in [2.05, 4.69) is 19.2 Å². The number of rotatable bonds is 8. The first-order valence-electron chi connectivity index (χ1n) is 8.38. The van der Waals surface area contributed by atoms with E-state index in [9.17, 15) is 24.1 Å². The van der Waals surface area contributed by atoms with E-state index in [1.165, 1.54) is 0 Å². The van der Waals surface area contributed by atoms with E-state index < -0.39 is 34.9 Å². The Kier molecular flexibility index (Phi) is 7.02. The summed E-state index contributed by atoms with van der Waals surface area (Å²) in [6.07, 6.45) is 0. The highest BCUT2D eigenvalue weighted by molar-refractivity contribution is 5.93. The number of esters is 1. The predicted molar refractivity (Wildman–Crippen MR) is 98.7 cm³/mol. The zero-order valence-electron chi connectivity index (χ0n) is 15.3. The molecule has 0 saturated heterocycles. The van der Waals surface area contributed by atoms with Crippen LogP contribution in [0.4, 0.5) is 15.8 Å². The zero-order valence-corrected chi connectivity index (χ0v) is 15.3. The summed E-state index contributed by atoms with van der Waals surface area (Å²) in [5.41, 5.74) is 0.370. The number of hydrogen-bond acceptors (Lipinski definition) is 6. The average molecular weight is 390 g/mol. The van der Waals surface area contributed by atoms with Crippen molar-refractivity contribution in [3.8, 4) is 5.75 Å². The third-order valence-electron chi connectivity index (χ3n) is 3.69. The van der Waals surface area contributed by atoms with Gasteiger partial charge >= 0.3 is 11.7 Å². The molecule has 0 radical (unpaired) electrons. The summed E-state index contributed by atoms with van der Waals surface area (Å²) >= 11 is 0. The molecule has 0 aliphatic rings. The molecule has 0 heterocycles. The van der Waals surface area contributed by atoms with Gasteiger partial charge in [-0.2, -0.15) is 4.39 Å². The highest BCUT2D eigenvalue weighted by atomic mass is 19.1. The maximum atomic E-state index is 13.3. The standard InChI is InChI=1S/C19H19FN2O6/c1-12(2)13-3-6-15(7-4-13)27-11-19(24)28-10-18(23)21-14-5-8-16(20)17(9-14)22(25)26/h3-9,12H,10-11H2,1-2H3,(H,21,23). The van der Waals surface area contributed by atoms with E-state index in [1.807, 2.05) is 12.1 Å². The lowest BCUT2D eigenvalue weighted by atomic mass is 10.0. The minimum Gasteiger partial charge on any atom is -0.482 e. The summed E-state index contributed by atoms with van der Waals surface area (Å²) in [4.78, 5) is 33.2. The first-order chi connectivity index (χ1) is 13.3. The number of amides is 1. The molecule has 8 nitrogen and oxygen atoms in total. The van der Waals surface area contributed by atoms with Gasteiger partial charge in [0.1, 0.15) is 5.75 Å². The van der Waals surface area contributed by atoms with E-state index in [0.717, 1.165) is 23.8 Å². The number of nitro groups is 1. The van der Waals surface area contributed by atoms with Crippen LogP contribution in [-0.2, 0) is 14.3 Å². The lowest BCUT2D eigenvalue weighted by Crippen LogP contribution is -2.23. The van der Waals surface area contributed by atoms with Gasteiger partial charge in [-0.25, -0.2) is 4.79 Å². The van der Waals surface area contributed by atoms with Crippen molar-refractivity contribution in [3.05, 3.63) is 64.0 Å². The van der Waals surface area contributed by atoms with Gasteiger partial charge in [0, 0.05) is 11.8 Å². The van der Waals surface area contributed by atoms with Crippen LogP contribution in [0.3, 0.4) is 0 Å². The molecule has 0 atom stereocenters. The number of carbonyl (C=O) groups excluding carboxylic acids is 2. The first-order valence-corrected chi connectivity index (χ1v) is 8.38. The largest absolute Gasteiger partial charge is 0.482 e. The van der Waals surface area contributed by atoms with E-state index >= 15 is 0 Å². The number of nitrogens with one attached hydrogen (secondary N) is 1. The Morgan fingerprint density at radius 1 is 1.14 bits per heavy atom.